The summed E-state index contributed by atoms with van der Waals surface area (Å²) in [6.45, 7) is 7.38. The SMILES string of the molecule is C.C=Cc1ccccc1C=C. The molecule has 58 valence electrons. The predicted molar refractivity (Wildman–Crippen MR) is 53.4 cm³/mol. The smallest absolute Gasteiger partial charge is 0.0190 e. The van der Waals surface area contributed by atoms with Crippen LogP contribution in [0, 0.1) is 0 Å². The van der Waals surface area contributed by atoms with Crippen LogP contribution in [0.4, 0.5) is 0 Å². The summed E-state index contributed by atoms with van der Waals surface area (Å²) in [7, 11) is 0. The van der Waals surface area contributed by atoms with Crippen molar-refractivity contribution in [2.45, 2.75) is 7.43 Å². The molecule has 0 amide bonds. The lowest BCUT2D eigenvalue weighted by molar-refractivity contribution is 1.62. The van der Waals surface area contributed by atoms with Crippen LogP contribution in [-0.2, 0) is 0 Å². The second-order valence-electron chi connectivity index (χ2n) is 2.04. The van der Waals surface area contributed by atoms with E-state index in [9.17, 15) is 0 Å². The van der Waals surface area contributed by atoms with E-state index in [0.717, 1.165) is 11.1 Å². The zero-order valence-electron chi connectivity index (χ0n) is 5.88. The van der Waals surface area contributed by atoms with Gasteiger partial charge >= 0.3 is 0 Å². The molecule has 0 nitrogen and oxygen atoms in total. The van der Waals surface area contributed by atoms with E-state index in [1.165, 1.54) is 0 Å². The zero-order chi connectivity index (χ0) is 7.40. The quantitative estimate of drug-likeness (QED) is 0.598. The van der Waals surface area contributed by atoms with E-state index >= 15 is 0 Å². The Labute approximate surface area is 68.9 Å². The summed E-state index contributed by atoms with van der Waals surface area (Å²) in [5, 5.41) is 0. The Morgan fingerprint density at radius 3 is 1.55 bits per heavy atom. The molecule has 0 aliphatic carbocycles. The van der Waals surface area contributed by atoms with Crippen molar-refractivity contribution in [3.8, 4) is 0 Å². The van der Waals surface area contributed by atoms with Crippen molar-refractivity contribution in [2.75, 3.05) is 0 Å². The fraction of sp³-hybridized carbons (Fsp3) is 0.0909. The molecule has 1 rings (SSSR count). The van der Waals surface area contributed by atoms with Crippen LogP contribution in [0.25, 0.3) is 12.2 Å². The van der Waals surface area contributed by atoms with Crippen molar-refractivity contribution in [1.82, 2.24) is 0 Å². The maximum atomic E-state index is 3.69. The summed E-state index contributed by atoms with van der Waals surface area (Å²) in [5.74, 6) is 0. The first kappa shape index (κ1) is 9.70. The van der Waals surface area contributed by atoms with E-state index in [0.29, 0.717) is 0 Å². The Bertz CT molecular complexity index is 219. The van der Waals surface area contributed by atoms with Crippen LogP contribution >= 0.6 is 0 Å². The molecule has 0 unspecified atom stereocenters. The van der Waals surface area contributed by atoms with Crippen LogP contribution in [0.3, 0.4) is 0 Å². The van der Waals surface area contributed by atoms with E-state index < -0.39 is 0 Å². The molecule has 0 saturated carbocycles. The van der Waals surface area contributed by atoms with Gasteiger partial charge in [0.25, 0.3) is 0 Å². The highest BCUT2D eigenvalue weighted by molar-refractivity contribution is 5.63. The van der Waals surface area contributed by atoms with Crippen LogP contribution in [0.2, 0.25) is 0 Å². The van der Waals surface area contributed by atoms with Crippen LogP contribution < -0.4 is 0 Å². The average Bonchev–Trinajstić information content (AvgIpc) is 2.04. The van der Waals surface area contributed by atoms with Gasteiger partial charge < -0.3 is 0 Å². The second-order valence-corrected chi connectivity index (χ2v) is 2.04. The van der Waals surface area contributed by atoms with E-state index in [2.05, 4.69) is 13.2 Å². The van der Waals surface area contributed by atoms with Crippen LogP contribution in [0.5, 0.6) is 0 Å². The fourth-order valence-electron chi connectivity index (χ4n) is 0.883. The summed E-state index contributed by atoms with van der Waals surface area (Å²) in [5.41, 5.74) is 2.27. The van der Waals surface area contributed by atoms with Crippen molar-refractivity contribution in [3.63, 3.8) is 0 Å². The molecule has 0 fully saturated rings. The number of hydrogen-bond donors (Lipinski definition) is 0. The molecule has 1 aromatic rings. The molecular weight excluding hydrogens is 132 g/mol. The van der Waals surface area contributed by atoms with E-state index in [4.69, 9.17) is 0 Å². The third kappa shape index (κ3) is 2.08. The molecule has 1 aromatic carbocycles. The monoisotopic (exact) mass is 146 g/mol. The predicted octanol–water partition coefficient (Wildman–Crippen LogP) is 3.61. The summed E-state index contributed by atoms with van der Waals surface area (Å²) in [6, 6.07) is 8.02. The molecular formula is C11H14. The topological polar surface area (TPSA) is 0 Å². The van der Waals surface area contributed by atoms with Crippen molar-refractivity contribution >= 4 is 12.2 Å². The normalized spacial score (nSPS) is 8.00. The second kappa shape index (κ2) is 4.51. The molecule has 0 aromatic heterocycles. The van der Waals surface area contributed by atoms with Gasteiger partial charge in [-0.05, 0) is 11.1 Å². The fourth-order valence-corrected chi connectivity index (χ4v) is 0.883. The van der Waals surface area contributed by atoms with Gasteiger partial charge in [-0.3, -0.25) is 0 Å². The molecule has 0 heterocycles. The van der Waals surface area contributed by atoms with Crippen molar-refractivity contribution in [3.05, 3.63) is 48.6 Å². The third-order valence-corrected chi connectivity index (χ3v) is 1.44. The minimum absolute atomic E-state index is 0. The lowest BCUT2D eigenvalue weighted by Gasteiger charge is -1.96. The van der Waals surface area contributed by atoms with Crippen molar-refractivity contribution in [2.24, 2.45) is 0 Å². The summed E-state index contributed by atoms with van der Waals surface area (Å²) >= 11 is 0. The lowest BCUT2D eigenvalue weighted by atomic mass is 10.1. The summed E-state index contributed by atoms with van der Waals surface area (Å²) < 4.78 is 0. The molecule has 0 saturated heterocycles. The van der Waals surface area contributed by atoms with Crippen LogP contribution in [0.1, 0.15) is 18.6 Å². The van der Waals surface area contributed by atoms with Gasteiger partial charge in [0, 0.05) is 0 Å². The summed E-state index contributed by atoms with van der Waals surface area (Å²) in [4.78, 5) is 0. The maximum Gasteiger partial charge on any atom is -0.0190 e. The van der Waals surface area contributed by atoms with E-state index in [1.807, 2.05) is 36.4 Å². The molecule has 0 heteroatoms. The highest BCUT2D eigenvalue weighted by Gasteiger charge is 1.89. The molecule has 0 aliphatic heterocycles. The minimum Gasteiger partial charge on any atom is -0.0984 e. The Hall–Kier alpha value is -1.30. The first-order valence-corrected chi connectivity index (χ1v) is 3.22. The maximum absolute atomic E-state index is 3.69. The Morgan fingerprint density at radius 1 is 0.909 bits per heavy atom. The first-order chi connectivity index (χ1) is 4.88. The average molecular weight is 146 g/mol. The van der Waals surface area contributed by atoms with Gasteiger partial charge in [0.2, 0.25) is 0 Å². The molecule has 11 heavy (non-hydrogen) atoms. The Morgan fingerprint density at radius 2 is 1.27 bits per heavy atom. The van der Waals surface area contributed by atoms with E-state index in [1.54, 1.807) is 0 Å². The number of rotatable bonds is 2. The van der Waals surface area contributed by atoms with Gasteiger partial charge in [0.1, 0.15) is 0 Å². The van der Waals surface area contributed by atoms with Gasteiger partial charge in [-0.15, -0.1) is 0 Å². The van der Waals surface area contributed by atoms with Gasteiger partial charge in [-0.2, -0.15) is 0 Å². The Balaban J connectivity index is 0.000001000. The largest absolute Gasteiger partial charge is 0.0984 e. The molecule has 0 N–H and O–H groups in total. The first-order valence-electron chi connectivity index (χ1n) is 3.22. The molecule has 0 aliphatic rings. The van der Waals surface area contributed by atoms with Gasteiger partial charge in [-0.25, -0.2) is 0 Å². The lowest BCUT2D eigenvalue weighted by Crippen LogP contribution is -1.76. The molecule has 0 atom stereocenters. The minimum atomic E-state index is 0. The highest BCUT2D eigenvalue weighted by Crippen LogP contribution is 2.10. The van der Waals surface area contributed by atoms with Crippen LogP contribution in [-0.4, -0.2) is 0 Å². The van der Waals surface area contributed by atoms with E-state index in [-0.39, 0.29) is 7.43 Å². The van der Waals surface area contributed by atoms with Crippen molar-refractivity contribution in [1.29, 1.82) is 0 Å². The van der Waals surface area contributed by atoms with Crippen molar-refractivity contribution < 1.29 is 0 Å². The van der Waals surface area contributed by atoms with Gasteiger partial charge in [0.05, 0.1) is 0 Å². The Kier molecular flexibility index (Phi) is 3.97. The highest BCUT2D eigenvalue weighted by atomic mass is 13.9. The molecule has 0 radical (unpaired) electrons. The number of benzene rings is 1. The van der Waals surface area contributed by atoms with Gasteiger partial charge in [0.15, 0.2) is 0 Å². The molecule has 0 bridgehead atoms. The zero-order valence-corrected chi connectivity index (χ0v) is 5.88. The molecule has 0 spiro atoms. The number of hydrogen-bond acceptors (Lipinski definition) is 0. The summed E-state index contributed by atoms with van der Waals surface area (Å²) in [6.07, 6.45) is 3.66. The third-order valence-electron chi connectivity index (χ3n) is 1.44. The van der Waals surface area contributed by atoms with Crippen LogP contribution in [0.15, 0.2) is 37.4 Å². The standard InChI is InChI=1S/C10H10.CH4/c1-3-9-7-5-6-8-10(9)4-2;/h3-8H,1-2H2;1H4. The van der Waals surface area contributed by atoms with Gasteiger partial charge in [-0.1, -0.05) is 57.0 Å².